The third-order valence-corrected chi connectivity index (χ3v) is 1.79. The number of thiol groups is 1. The van der Waals surface area contributed by atoms with Crippen molar-refractivity contribution in [2.45, 2.75) is 19.4 Å². The largest absolute Gasteiger partial charge is 0.319 e. The van der Waals surface area contributed by atoms with Crippen molar-refractivity contribution in [1.29, 1.82) is 0 Å². The minimum absolute atomic E-state index is 0.0208. The van der Waals surface area contributed by atoms with Gasteiger partial charge in [0.05, 0.1) is 5.54 Å². The fourth-order valence-electron chi connectivity index (χ4n) is 0.111. The molecule has 48 valence electrons. The number of nitrogens with two attached hydrogens (primary N) is 1. The van der Waals surface area contributed by atoms with Crippen LogP contribution in [0.3, 0.4) is 0 Å². The van der Waals surface area contributed by atoms with E-state index in [1.807, 2.05) is 0 Å². The minimum Gasteiger partial charge on any atom is -0.319 e. The first kappa shape index (κ1) is 7.98. The lowest BCUT2D eigenvalue weighted by Gasteiger charge is -2.16. The van der Waals surface area contributed by atoms with E-state index in [2.05, 4.69) is 12.6 Å². The van der Waals surface area contributed by atoms with Crippen molar-refractivity contribution >= 4 is 18.4 Å². The van der Waals surface area contributed by atoms with Crippen LogP contribution in [0, 0.1) is 0 Å². The van der Waals surface area contributed by atoms with Gasteiger partial charge in [-0.15, -0.1) is 0 Å². The average Bonchev–Trinajstić information content (AvgIpc) is 1.67. The summed E-state index contributed by atoms with van der Waals surface area (Å²) in [5, 5.41) is 0. The molecule has 0 aliphatic rings. The highest BCUT2D eigenvalue weighted by molar-refractivity contribution is 7.80. The van der Waals surface area contributed by atoms with E-state index in [1.54, 1.807) is 6.92 Å². The van der Waals surface area contributed by atoms with E-state index >= 15 is 0 Å². The summed E-state index contributed by atoms with van der Waals surface area (Å²) in [6.45, 7) is 3.14. The van der Waals surface area contributed by atoms with E-state index in [9.17, 15) is 4.79 Å². The normalized spacial score (nSPS) is 17.5. The zero-order valence-electron chi connectivity index (χ0n) is 5.14. The zero-order chi connectivity index (χ0) is 6.78. The van der Waals surface area contributed by atoms with Crippen molar-refractivity contribution in [3.8, 4) is 0 Å². The number of carbonyl (C=O) groups excluding carboxylic acids is 1. The van der Waals surface area contributed by atoms with Crippen LogP contribution in [0.4, 0.5) is 0 Å². The second kappa shape index (κ2) is 2.51. The first-order chi connectivity index (χ1) is 3.50. The summed E-state index contributed by atoms with van der Waals surface area (Å²) >= 11 is 3.89. The van der Waals surface area contributed by atoms with Crippen LogP contribution in [0.5, 0.6) is 0 Å². The van der Waals surface area contributed by atoms with E-state index in [0.29, 0.717) is 5.75 Å². The van der Waals surface area contributed by atoms with Crippen molar-refractivity contribution < 1.29 is 4.79 Å². The Kier molecular flexibility index (Phi) is 2.50. The summed E-state index contributed by atoms with van der Waals surface area (Å²) in [6.07, 6.45) is 0. The summed E-state index contributed by atoms with van der Waals surface area (Å²) in [4.78, 5) is 10.5. The van der Waals surface area contributed by atoms with Crippen LogP contribution in [0.1, 0.15) is 13.8 Å². The lowest BCUT2D eigenvalue weighted by atomic mass is 10.0. The predicted molar refractivity (Wildman–Crippen MR) is 37.1 cm³/mol. The molecule has 0 rings (SSSR count). The Balaban J connectivity index is 3.91. The zero-order valence-corrected chi connectivity index (χ0v) is 6.03. The van der Waals surface area contributed by atoms with Crippen molar-refractivity contribution in [1.82, 2.24) is 0 Å². The molecule has 0 heterocycles. The maximum atomic E-state index is 10.5. The molecular weight excluding hydrogens is 122 g/mol. The first-order valence-corrected chi connectivity index (χ1v) is 3.05. The topological polar surface area (TPSA) is 43.1 Å². The summed E-state index contributed by atoms with van der Waals surface area (Å²) in [6, 6.07) is 0. The second-order valence-electron chi connectivity index (χ2n) is 2.13. The fraction of sp³-hybridized carbons (Fsp3) is 0.800. The van der Waals surface area contributed by atoms with Gasteiger partial charge in [-0.3, -0.25) is 4.79 Å². The molecule has 0 bridgehead atoms. The van der Waals surface area contributed by atoms with Crippen LogP contribution in [0.15, 0.2) is 0 Å². The van der Waals surface area contributed by atoms with E-state index in [1.165, 1.54) is 6.92 Å². The number of hydrogen-bond donors (Lipinski definition) is 2. The Labute approximate surface area is 54.9 Å². The van der Waals surface area contributed by atoms with Crippen LogP contribution >= 0.6 is 12.6 Å². The molecule has 0 saturated heterocycles. The van der Waals surface area contributed by atoms with Crippen molar-refractivity contribution in [3.05, 3.63) is 0 Å². The van der Waals surface area contributed by atoms with Crippen LogP contribution in [-0.4, -0.2) is 17.1 Å². The van der Waals surface area contributed by atoms with Gasteiger partial charge >= 0.3 is 0 Å². The Morgan fingerprint density at radius 1 is 1.88 bits per heavy atom. The van der Waals surface area contributed by atoms with Crippen molar-refractivity contribution in [2.24, 2.45) is 5.73 Å². The van der Waals surface area contributed by atoms with E-state index in [-0.39, 0.29) is 5.78 Å². The van der Waals surface area contributed by atoms with Gasteiger partial charge in [-0.2, -0.15) is 12.6 Å². The SMILES string of the molecule is CC(=O)[C@](C)(N)CS. The van der Waals surface area contributed by atoms with Crippen molar-refractivity contribution in [2.75, 3.05) is 5.75 Å². The number of rotatable bonds is 2. The van der Waals surface area contributed by atoms with Gasteiger partial charge in [-0.1, -0.05) is 0 Å². The van der Waals surface area contributed by atoms with Gasteiger partial charge in [0.2, 0.25) is 0 Å². The van der Waals surface area contributed by atoms with Gasteiger partial charge in [-0.05, 0) is 13.8 Å². The van der Waals surface area contributed by atoms with Crippen molar-refractivity contribution in [3.63, 3.8) is 0 Å². The maximum Gasteiger partial charge on any atom is 0.150 e. The first-order valence-electron chi connectivity index (χ1n) is 2.41. The van der Waals surface area contributed by atoms with Gasteiger partial charge in [0.15, 0.2) is 0 Å². The lowest BCUT2D eigenvalue weighted by Crippen LogP contribution is -2.45. The van der Waals surface area contributed by atoms with Crippen LogP contribution in [0.25, 0.3) is 0 Å². The van der Waals surface area contributed by atoms with Crippen LogP contribution < -0.4 is 5.73 Å². The molecule has 0 aliphatic heterocycles. The molecular formula is C5H11NOS. The molecule has 0 amide bonds. The van der Waals surface area contributed by atoms with E-state index < -0.39 is 5.54 Å². The third kappa shape index (κ3) is 1.84. The standard InChI is InChI=1S/C5H11NOS/c1-4(7)5(2,6)3-8/h8H,3,6H2,1-2H3/t5-/m1/s1. The molecule has 0 fully saturated rings. The average molecular weight is 133 g/mol. The van der Waals surface area contributed by atoms with E-state index in [4.69, 9.17) is 5.73 Å². The quantitative estimate of drug-likeness (QED) is 0.529. The molecule has 2 N–H and O–H groups in total. The molecule has 0 aromatic carbocycles. The summed E-state index contributed by atoms with van der Waals surface area (Å²) in [5.41, 5.74) is 4.70. The fourth-order valence-corrected chi connectivity index (χ4v) is 0.334. The Morgan fingerprint density at radius 2 is 2.25 bits per heavy atom. The Hall–Kier alpha value is -0.0200. The van der Waals surface area contributed by atoms with Gasteiger partial charge in [-0.25, -0.2) is 0 Å². The highest BCUT2D eigenvalue weighted by Crippen LogP contribution is 2.01. The molecule has 2 nitrogen and oxygen atoms in total. The Morgan fingerprint density at radius 3 is 2.25 bits per heavy atom. The Bertz CT molecular complexity index is 101. The number of Topliss-reactive ketones (excluding diaryl/α,β-unsaturated/α-hetero) is 1. The molecule has 0 radical (unpaired) electrons. The molecule has 8 heavy (non-hydrogen) atoms. The van der Waals surface area contributed by atoms with Crippen LogP contribution in [-0.2, 0) is 4.79 Å². The van der Waals surface area contributed by atoms with Gasteiger partial charge in [0.25, 0.3) is 0 Å². The molecule has 0 unspecified atom stereocenters. The molecule has 0 aromatic heterocycles. The second-order valence-corrected chi connectivity index (χ2v) is 2.45. The molecule has 0 spiro atoms. The monoisotopic (exact) mass is 133 g/mol. The molecule has 0 saturated carbocycles. The minimum atomic E-state index is -0.733. The predicted octanol–water partition coefficient (Wildman–Crippen LogP) is 0.223. The van der Waals surface area contributed by atoms with Gasteiger partial charge < -0.3 is 5.73 Å². The molecule has 0 aromatic rings. The molecule has 3 heteroatoms. The molecule has 1 atom stereocenters. The summed E-state index contributed by atoms with van der Waals surface area (Å²) in [5.74, 6) is 0.384. The summed E-state index contributed by atoms with van der Waals surface area (Å²) < 4.78 is 0. The highest BCUT2D eigenvalue weighted by Gasteiger charge is 2.21. The number of ketones is 1. The summed E-state index contributed by atoms with van der Waals surface area (Å²) in [7, 11) is 0. The van der Waals surface area contributed by atoms with Gasteiger partial charge in [0.1, 0.15) is 5.78 Å². The smallest absolute Gasteiger partial charge is 0.150 e. The lowest BCUT2D eigenvalue weighted by molar-refractivity contribution is -0.120. The maximum absolute atomic E-state index is 10.5. The third-order valence-electron chi connectivity index (χ3n) is 1.13. The highest BCUT2D eigenvalue weighted by atomic mass is 32.1. The van der Waals surface area contributed by atoms with E-state index in [0.717, 1.165) is 0 Å². The number of hydrogen-bond acceptors (Lipinski definition) is 3. The number of carbonyl (C=O) groups is 1. The molecule has 0 aliphatic carbocycles. The van der Waals surface area contributed by atoms with Gasteiger partial charge in [0, 0.05) is 5.75 Å². The van der Waals surface area contributed by atoms with Crippen LogP contribution in [0.2, 0.25) is 0 Å².